The Balaban J connectivity index is 1.99. The zero-order valence-electron chi connectivity index (χ0n) is 9.06. The number of aromatic nitrogens is 2. The number of carbonyl (C=O) groups is 1. The first kappa shape index (κ1) is 9.51. The molecular formula is C12H12N2O2. The quantitative estimate of drug-likeness (QED) is 0.789. The summed E-state index contributed by atoms with van der Waals surface area (Å²) in [6.07, 6.45) is 4.42. The van der Waals surface area contributed by atoms with E-state index in [1.165, 1.54) is 0 Å². The van der Waals surface area contributed by atoms with Gasteiger partial charge < -0.3 is 4.42 Å². The highest BCUT2D eigenvalue weighted by Crippen LogP contribution is 2.40. The highest BCUT2D eigenvalue weighted by Gasteiger charge is 2.29. The molecule has 2 heterocycles. The lowest BCUT2D eigenvalue weighted by molar-refractivity contribution is -0.116. The van der Waals surface area contributed by atoms with E-state index in [0.717, 1.165) is 29.8 Å². The highest BCUT2D eigenvalue weighted by molar-refractivity contribution is 5.79. The molecule has 16 heavy (non-hydrogen) atoms. The number of oxazole rings is 1. The third kappa shape index (κ3) is 1.71. The lowest BCUT2D eigenvalue weighted by atomic mass is 10.1. The largest absolute Gasteiger partial charge is 0.422 e. The van der Waals surface area contributed by atoms with Crippen LogP contribution in [0.15, 0.2) is 16.7 Å². The van der Waals surface area contributed by atoms with Gasteiger partial charge in [0.1, 0.15) is 11.3 Å². The van der Waals surface area contributed by atoms with Gasteiger partial charge in [-0.25, -0.2) is 9.97 Å². The summed E-state index contributed by atoms with van der Waals surface area (Å²) < 4.78 is 5.54. The number of ketones is 1. The molecule has 0 saturated heterocycles. The molecule has 82 valence electrons. The Kier molecular flexibility index (Phi) is 2.02. The van der Waals surface area contributed by atoms with Crippen LogP contribution < -0.4 is 0 Å². The summed E-state index contributed by atoms with van der Waals surface area (Å²) in [7, 11) is 0. The number of fused-ring (bicyclic) bond motifs is 1. The molecule has 0 unspecified atom stereocenters. The predicted molar refractivity (Wildman–Crippen MR) is 58.2 cm³/mol. The van der Waals surface area contributed by atoms with Crippen molar-refractivity contribution in [1.29, 1.82) is 0 Å². The number of hydrogen-bond donors (Lipinski definition) is 0. The molecule has 0 amide bonds. The van der Waals surface area contributed by atoms with E-state index in [-0.39, 0.29) is 5.78 Å². The van der Waals surface area contributed by atoms with Crippen LogP contribution in [-0.4, -0.2) is 15.8 Å². The van der Waals surface area contributed by atoms with E-state index in [1.807, 2.05) is 6.07 Å². The van der Waals surface area contributed by atoms with E-state index < -0.39 is 0 Å². The number of Topliss-reactive ketones (excluding diaryl/α,β-unsaturated/α-hetero) is 1. The third-order valence-corrected chi connectivity index (χ3v) is 2.70. The first-order chi connectivity index (χ1) is 7.72. The van der Waals surface area contributed by atoms with E-state index in [2.05, 4.69) is 9.97 Å². The van der Waals surface area contributed by atoms with Crippen molar-refractivity contribution in [2.75, 3.05) is 0 Å². The van der Waals surface area contributed by atoms with Gasteiger partial charge >= 0.3 is 0 Å². The van der Waals surface area contributed by atoms with E-state index in [0.29, 0.717) is 18.1 Å². The molecule has 0 radical (unpaired) electrons. The average molecular weight is 216 g/mol. The van der Waals surface area contributed by atoms with Crippen LogP contribution in [-0.2, 0) is 11.2 Å². The average Bonchev–Trinajstić information content (AvgIpc) is 2.98. The number of carbonyl (C=O) groups excluding carboxylic acids is 1. The first-order valence-corrected chi connectivity index (χ1v) is 5.47. The number of hydrogen-bond acceptors (Lipinski definition) is 4. The van der Waals surface area contributed by atoms with Crippen LogP contribution >= 0.6 is 0 Å². The van der Waals surface area contributed by atoms with Crippen LogP contribution in [0.2, 0.25) is 0 Å². The molecule has 0 spiro atoms. The molecule has 2 aromatic rings. The molecule has 1 aliphatic carbocycles. The molecule has 1 saturated carbocycles. The molecule has 0 atom stereocenters. The maximum atomic E-state index is 11.0. The van der Waals surface area contributed by atoms with E-state index >= 15 is 0 Å². The summed E-state index contributed by atoms with van der Waals surface area (Å²) in [5, 5.41) is 0. The molecule has 2 aromatic heterocycles. The summed E-state index contributed by atoms with van der Waals surface area (Å²) in [4.78, 5) is 19.6. The standard InChI is InChI=1S/C12H12N2O2/c1-7(15)4-8-5-10-12(13-6-8)16-11(14-10)9-2-3-9/h5-6,9H,2-4H2,1H3. The van der Waals surface area contributed by atoms with Gasteiger partial charge in [0.15, 0.2) is 0 Å². The third-order valence-electron chi connectivity index (χ3n) is 2.70. The zero-order valence-corrected chi connectivity index (χ0v) is 9.06. The summed E-state index contributed by atoms with van der Waals surface area (Å²) in [5.41, 5.74) is 2.24. The number of pyridine rings is 1. The Morgan fingerprint density at radius 2 is 2.38 bits per heavy atom. The van der Waals surface area contributed by atoms with Gasteiger partial charge in [-0.2, -0.15) is 0 Å². The van der Waals surface area contributed by atoms with Crippen molar-refractivity contribution >= 4 is 17.0 Å². The Hall–Kier alpha value is -1.71. The van der Waals surface area contributed by atoms with Gasteiger partial charge in [0.05, 0.1) is 0 Å². The van der Waals surface area contributed by atoms with Crippen molar-refractivity contribution in [3.8, 4) is 0 Å². The second-order valence-electron chi connectivity index (χ2n) is 4.37. The highest BCUT2D eigenvalue weighted by atomic mass is 16.4. The van der Waals surface area contributed by atoms with Crippen molar-refractivity contribution in [3.63, 3.8) is 0 Å². The normalized spacial score (nSPS) is 15.6. The maximum absolute atomic E-state index is 11.0. The smallest absolute Gasteiger partial charge is 0.246 e. The molecule has 4 heteroatoms. The Morgan fingerprint density at radius 3 is 3.06 bits per heavy atom. The van der Waals surface area contributed by atoms with Gasteiger partial charge in [-0.05, 0) is 31.4 Å². The molecule has 0 aliphatic heterocycles. The van der Waals surface area contributed by atoms with Gasteiger partial charge in [-0.3, -0.25) is 4.79 Å². The van der Waals surface area contributed by atoms with Gasteiger partial charge in [0.2, 0.25) is 11.6 Å². The Bertz CT molecular complexity index is 555. The second kappa shape index (κ2) is 3.40. The predicted octanol–water partition coefficient (Wildman–Crippen LogP) is 2.23. The summed E-state index contributed by atoms with van der Waals surface area (Å²) in [5.74, 6) is 1.42. The maximum Gasteiger partial charge on any atom is 0.246 e. The Labute approximate surface area is 92.7 Å². The molecule has 0 N–H and O–H groups in total. The fraction of sp³-hybridized carbons (Fsp3) is 0.417. The minimum Gasteiger partial charge on any atom is -0.422 e. The van der Waals surface area contributed by atoms with Gasteiger partial charge in [-0.15, -0.1) is 0 Å². The molecule has 0 bridgehead atoms. The molecule has 1 aliphatic rings. The number of nitrogens with zero attached hydrogens (tertiary/aromatic N) is 2. The second-order valence-corrected chi connectivity index (χ2v) is 4.37. The van der Waals surface area contributed by atoms with Gasteiger partial charge in [0.25, 0.3) is 0 Å². The van der Waals surface area contributed by atoms with Crippen LogP contribution in [0.3, 0.4) is 0 Å². The Morgan fingerprint density at radius 1 is 1.56 bits per heavy atom. The fourth-order valence-electron chi connectivity index (χ4n) is 1.77. The SMILES string of the molecule is CC(=O)Cc1cnc2oc(C3CC3)nc2c1. The first-order valence-electron chi connectivity index (χ1n) is 5.47. The summed E-state index contributed by atoms with van der Waals surface area (Å²) >= 11 is 0. The van der Waals surface area contributed by atoms with Crippen LogP contribution in [0, 0.1) is 0 Å². The van der Waals surface area contributed by atoms with Crippen LogP contribution in [0.25, 0.3) is 11.2 Å². The molecule has 0 aromatic carbocycles. The molecule has 1 fully saturated rings. The van der Waals surface area contributed by atoms with Crippen molar-refractivity contribution in [1.82, 2.24) is 9.97 Å². The lowest BCUT2D eigenvalue weighted by Gasteiger charge is -1.94. The van der Waals surface area contributed by atoms with Crippen LogP contribution in [0.5, 0.6) is 0 Å². The van der Waals surface area contributed by atoms with Gasteiger partial charge in [0, 0.05) is 18.5 Å². The summed E-state index contributed by atoms with van der Waals surface area (Å²) in [6, 6.07) is 1.89. The van der Waals surface area contributed by atoms with E-state index in [4.69, 9.17) is 4.42 Å². The van der Waals surface area contributed by atoms with Crippen LogP contribution in [0.1, 0.15) is 37.1 Å². The van der Waals surface area contributed by atoms with Crippen molar-refractivity contribution in [2.24, 2.45) is 0 Å². The lowest BCUT2D eigenvalue weighted by Crippen LogP contribution is -1.96. The zero-order chi connectivity index (χ0) is 11.1. The number of rotatable bonds is 3. The monoisotopic (exact) mass is 216 g/mol. The fourth-order valence-corrected chi connectivity index (χ4v) is 1.77. The minimum atomic E-state index is 0.132. The van der Waals surface area contributed by atoms with Crippen LogP contribution in [0.4, 0.5) is 0 Å². The van der Waals surface area contributed by atoms with E-state index in [1.54, 1.807) is 13.1 Å². The van der Waals surface area contributed by atoms with E-state index in [9.17, 15) is 4.79 Å². The minimum absolute atomic E-state index is 0.132. The van der Waals surface area contributed by atoms with Crippen molar-refractivity contribution in [3.05, 3.63) is 23.7 Å². The van der Waals surface area contributed by atoms with Crippen molar-refractivity contribution in [2.45, 2.75) is 32.1 Å². The molecular weight excluding hydrogens is 204 g/mol. The van der Waals surface area contributed by atoms with Crippen molar-refractivity contribution < 1.29 is 9.21 Å². The summed E-state index contributed by atoms with van der Waals surface area (Å²) in [6.45, 7) is 1.57. The topological polar surface area (TPSA) is 56.0 Å². The molecule has 4 nitrogen and oxygen atoms in total. The van der Waals surface area contributed by atoms with Gasteiger partial charge in [-0.1, -0.05) is 0 Å². The molecule has 3 rings (SSSR count).